The predicted octanol–water partition coefficient (Wildman–Crippen LogP) is 5.81. The molecular formula is C29H40O4. The number of allylic oxidation sites excluding steroid dienone is 1. The van der Waals surface area contributed by atoms with E-state index in [2.05, 4.69) is 19.9 Å². The molecule has 180 valence electrons. The van der Waals surface area contributed by atoms with Gasteiger partial charge in [-0.1, -0.05) is 38.5 Å². The average molecular weight is 453 g/mol. The summed E-state index contributed by atoms with van der Waals surface area (Å²) >= 11 is 0. The van der Waals surface area contributed by atoms with Crippen molar-refractivity contribution in [2.24, 2.45) is 34.0 Å². The van der Waals surface area contributed by atoms with Gasteiger partial charge in [0.15, 0.2) is 0 Å². The van der Waals surface area contributed by atoms with Gasteiger partial charge in [0.05, 0.1) is 13.2 Å². The quantitative estimate of drug-likeness (QED) is 0.422. The lowest BCUT2D eigenvalue weighted by Crippen LogP contribution is -2.57. The Labute approximate surface area is 198 Å². The number of benzene rings is 1. The highest BCUT2D eigenvalue weighted by Crippen LogP contribution is 2.70. The van der Waals surface area contributed by atoms with Crippen LogP contribution in [0.4, 0.5) is 0 Å². The summed E-state index contributed by atoms with van der Waals surface area (Å²) in [5.74, 6) is 2.01. The normalized spacial score (nSPS) is 39.4. The van der Waals surface area contributed by atoms with Gasteiger partial charge in [0.1, 0.15) is 5.75 Å². The van der Waals surface area contributed by atoms with Crippen LogP contribution in [-0.4, -0.2) is 29.4 Å². The molecule has 3 fully saturated rings. The molecule has 1 spiro atoms. The SMILES string of the molecule is C[C@@]1(COC(=O)CCc2ccc(O)cc2)CCC[C@]2(C)[C@@H]1CC[C@]13C=C(CO)[C@H](CC[C@H]12)C3. The standard InChI is InChI=1S/C29H40O4/c1-27(19-33-26(32)11-6-20-4-8-23(31)9-5-20)13-3-14-28(2)24(27)12-15-29-16-21(7-10-25(28)29)22(17-29)18-30/h4-5,8-9,17,21,24-25,30-31H,3,6-7,10-16,18-19H2,1-2H3/t21-,24-,25+,27+,28-,29+/m1/s1. The molecule has 0 radical (unpaired) electrons. The summed E-state index contributed by atoms with van der Waals surface area (Å²) in [6, 6.07) is 7.05. The van der Waals surface area contributed by atoms with Gasteiger partial charge in [-0.3, -0.25) is 4.79 Å². The lowest BCUT2D eigenvalue weighted by Gasteiger charge is -2.64. The Morgan fingerprint density at radius 2 is 1.85 bits per heavy atom. The van der Waals surface area contributed by atoms with Gasteiger partial charge in [-0.25, -0.2) is 0 Å². The molecule has 0 aliphatic heterocycles. The van der Waals surface area contributed by atoms with Crippen molar-refractivity contribution in [3.05, 3.63) is 41.5 Å². The first-order valence-electron chi connectivity index (χ1n) is 13.0. The van der Waals surface area contributed by atoms with Crippen molar-refractivity contribution in [3.8, 4) is 5.75 Å². The number of hydrogen-bond donors (Lipinski definition) is 2. The Hall–Kier alpha value is -1.81. The molecule has 3 saturated carbocycles. The molecule has 2 bridgehead atoms. The highest BCUT2D eigenvalue weighted by molar-refractivity contribution is 5.69. The monoisotopic (exact) mass is 452 g/mol. The molecule has 0 unspecified atom stereocenters. The number of esters is 1. The van der Waals surface area contributed by atoms with Crippen LogP contribution in [0.2, 0.25) is 0 Å². The molecule has 6 atom stereocenters. The number of phenolic OH excluding ortho intramolecular Hbond substituents is 1. The molecule has 0 saturated heterocycles. The Bertz CT molecular complexity index is 920. The number of aryl methyl sites for hydroxylation is 1. The zero-order valence-electron chi connectivity index (χ0n) is 20.3. The lowest BCUT2D eigenvalue weighted by atomic mass is 9.41. The van der Waals surface area contributed by atoms with E-state index in [1.54, 1.807) is 12.1 Å². The molecule has 4 heteroatoms. The van der Waals surface area contributed by atoms with Crippen LogP contribution in [0.3, 0.4) is 0 Å². The number of hydrogen-bond acceptors (Lipinski definition) is 4. The Morgan fingerprint density at radius 3 is 2.61 bits per heavy atom. The number of carbonyl (C=O) groups is 1. The maximum atomic E-state index is 12.6. The summed E-state index contributed by atoms with van der Waals surface area (Å²) in [6.45, 7) is 5.67. The van der Waals surface area contributed by atoms with Gasteiger partial charge < -0.3 is 14.9 Å². The first-order chi connectivity index (χ1) is 15.8. The highest BCUT2D eigenvalue weighted by Gasteiger charge is 2.62. The molecule has 5 rings (SSSR count). The number of aromatic hydroxyl groups is 1. The second-order valence-electron chi connectivity index (χ2n) is 12.1. The maximum Gasteiger partial charge on any atom is 0.306 e. The van der Waals surface area contributed by atoms with E-state index in [4.69, 9.17) is 4.74 Å². The van der Waals surface area contributed by atoms with Crippen molar-refractivity contribution in [1.29, 1.82) is 0 Å². The van der Waals surface area contributed by atoms with Crippen LogP contribution < -0.4 is 0 Å². The first kappa shape index (κ1) is 23.0. The van der Waals surface area contributed by atoms with Crippen molar-refractivity contribution in [2.75, 3.05) is 13.2 Å². The number of phenols is 1. The summed E-state index contributed by atoms with van der Waals surface area (Å²) < 4.78 is 5.92. The topological polar surface area (TPSA) is 66.8 Å². The molecule has 4 nitrogen and oxygen atoms in total. The van der Waals surface area contributed by atoms with Crippen LogP contribution in [0, 0.1) is 34.0 Å². The molecule has 1 aromatic rings. The van der Waals surface area contributed by atoms with Crippen molar-refractivity contribution in [3.63, 3.8) is 0 Å². The molecule has 0 amide bonds. The smallest absolute Gasteiger partial charge is 0.306 e. The van der Waals surface area contributed by atoms with E-state index < -0.39 is 0 Å². The van der Waals surface area contributed by atoms with Gasteiger partial charge in [-0.2, -0.15) is 0 Å². The van der Waals surface area contributed by atoms with E-state index >= 15 is 0 Å². The minimum Gasteiger partial charge on any atom is -0.508 e. The van der Waals surface area contributed by atoms with Crippen LogP contribution in [0.1, 0.15) is 77.2 Å². The molecule has 4 aliphatic carbocycles. The predicted molar refractivity (Wildman–Crippen MR) is 129 cm³/mol. The fraction of sp³-hybridized carbons (Fsp3) is 0.690. The van der Waals surface area contributed by atoms with Crippen LogP contribution in [0.5, 0.6) is 5.75 Å². The molecule has 33 heavy (non-hydrogen) atoms. The molecule has 4 aliphatic rings. The van der Waals surface area contributed by atoms with Crippen molar-refractivity contribution in [2.45, 2.75) is 78.1 Å². The van der Waals surface area contributed by atoms with E-state index in [0.29, 0.717) is 42.6 Å². The Kier molecular flexibility index (Phi) is 5.87. The maximum absolute atomic E-state index is 12.6. The number of rotatable bonds is 6. The minimum atomic E-state index is -0.115. The van der Waals surface area contributed by atoms with Gasteiger partial charge in [-0.15, -0.1) is 0 Å². The summed E-state index contributed by atoms with van der Waals surface area (Å²) in [5.41, 5.74) is 2.98. The number of fused-ring (bicyclic) bond motifs is 3. The van der Waals surface area contributed by atoms with Crippen LogP contribution in [0.15, 0.2) is 35.9 Å². The van der Waals surface area contributed by atoms with E-state index in [0.717, 1.165) is 12.0 Å². The zero-order valence-corrected chi connectivity index (χ0v) is 20.3. The number of carbonyl (C=O) groups excluding carboxylic acids is 1. The third-order valence-electron chi connectivity index (χ3n) is 10.2. The fourth-order valence-electron chi connectivity index (χ4n) is 8.76. The van der Waals surface area contributed by atoms with Gasteiger partial charge in [-0.05, 0) is 103 Å². The number of ether oxygens (including phenoxy) is 1. The van der Waals surface area contributed by atoms with Crippen LogP contribution >= 0.6 is 0 Å². The largest absolute Gasteiger partial charge is 0.508 e. The third-order valence-corrected chi connectivity index (χ3v) is 10.2. The average Bonchev–Trinajstić information content (AvgIpc) is 3.06. The van der Waals surface area contributed by atoms with E-state index in [1.165, 1.54) is 50.5 Å². The van der Waals surface area contributed by atoms with Gasteiger partial charge >= 0.3 is 5.97 Å². The van der Waals surface area contributed by atoms with Gasteiger partial charge in [0.2, 0.25) is 0 Å². The minimum absolute atomic E-state index is 0.0434. The van der Waals surface area contributed by atoms with E-state index in [1.807, 2.05) is 12.1 Å². The van der Waals surface area contributed by atoms with Gasteiger partial charge in [0.25, 0.3) is 0 Å². The van der Waals surface area contributed by atoms with Crippen LogP contribution in [-0.2, 0) is 16.0 Å². The second kappa shape index (κ2) is 8.45. The van der Waals surface area contributed by atoms with Crippen molar-refractivity contribution >= 4 is 5.97 Å². The summed E-state index contributed by atoms with van der Waals surface area (Å²) in [5, 5.41) is 19.3. The van der Waals surface area contributed by atoms with Crippen LogP contribution in [0.25, 0.3) is 0 Å². The van der Waals surface area contributed by atoms with E-state index in [-0.39, 0.29) is 29.2 Å². The molecular weight excluding hydrogens is 412 g/mol. The lowest BCUT2D eigenvalue weighted by molar-refractivity contribution is -0.169. The Balaban J connectivity index is 1.26. The Morgan fingerprint density at radius 1 is 1.06 bits per heavy atom. The first-order valence-corrected chi connectivity index (χ1v) is 13.0. The number of aliphatic hydroxyl groups excluding tert-OH is 1. The number of aliphatic hydroxyl groups is 1. The van der Waals surface area contributed by atoms with E-state index in [9.17, 15) is 15.0 Å². The molecule has 1 aromatic carbocycles. The third kappa shape index (κ3) is 3.92. The second-order valence-corrected chi connectivity index (χ2v) is 12.1. The van der Waals surface area contributed by atoms with Crippen molar-refractivity contribution in [1.82, 2.24) is 0 Å². The molecule has 0 aromatic heterocycles. The van der Waals surface area contributed by atoms with Crippen molar-refractivity contribution < 1.29 is 19.7 Å². The summed E-state index contributed by atoms with van der Waals surface area (Å²) in [4.78, 5) is 12.6. The molecule has 0 heterocycles. The summed E-state index contributed by atoms with van der Waals surface area (Å²) in [6.07, 6.45) is 13.3. The summed E-state index contributed by atoms with van der Waals surface area (Å²) in [7, 11) is 0. The highest BCUT2D eigenvalue weighted by atomic mass is 16.5. The van der Waals surface area contributed by atoms with Gasteiger partial charge in [0, 0.05) is 11.8 Å². The molecule has 2 N–H and O–H groups in total. The fourth-order valence-corrected chi connectivity index (χ4v) is 8.76. The zero-order chi connectivity index (χ0) is 23.3.